The maximum absolute atomic E-state index is 11.7. The molecular weight excluding hydrogens is 394 g/mol. The third-order valence-corrected chi connectivity index (χ3v) is 4.51. The molecule has 1 aromatic carbocycles. The second-order valence-corrected chi connectivity index (χ2v) is 6.50. The van der Waals surface area contributed by atoms with Gasteiger partial charge >= 0.3 is 5.97 Å². The number of pyridine rings is 1. The zero-order valence-corrected chi connectivity index (χ0v) is 16.4. The molecule has 0 unspecified atom stereocenters. The van der Waals surface area contributed by atoms with E-state index in [-0.39, 0.29) is 10.8 Å². The number of benzene rings is 1. The average molecular weight is 410 g/mol. The van der Waals surface area contributed by atoms with Crippen LogP contribution in [0.4, 0.5) is 0 Å². The highest BCUT2D eigenvalue weighted by Crippen LogP contribution is 2.23. The third kappa shape index (κ3) is 3.88. The zero-order chi connectivity index (χ0) is 20.4. The van der Waals surface area contributed by atoms with Gasteiger partial charge in [0.05, 0.1) is 27.0 Å². The minimum atomic E-state index is -0.536. The summed E-state index contributed by atoms with van der Waals surface area (Å²) in [6.45, 7) is 0.544. The summed E-state index contributed by atoms with van der Waals surface area (Å²) < 4.78 is 11.6. The molecule has 0 aliphatic heterocycles. The van der Waals surface area contributed by atoms with E-state index in [1.807, 2.05) is 24.3 Å². The summed E-state index contributed by atoms with van der Waals surface area (Å²) in [5.41, 5.74) is 2.71. The van der Waals surface area contributed by atoms with Gasteiger partial charge < -0.3 is 9.47 Å². The Labute approximate surface area is 171 Å². The van der Waals surface area contributed by atoms with Crippen LogP contribution in [-0.2, 0) is 11.3 Å². The molecule has 4 rings (SSSR count). The SMILES string of the molecule is COC(=O)c1cccc(-c2nc(Cl)c3nn(Cc4ccc(OC)cc4)cc3n2)n1. The Morgan fingerprint density at radius 2 is 1.86 bits per heavy atom. The maximum Gasteiger partial charge on any atom is 0.356 e. The standard InChI is InChI=1S/C20H16ClN5O3/c1-28-13-8-6-12(7-9-13)10-26-11-16-17(25-26)18(21)24-19(23-16)14-4-3-5-15(22-14)20(27)29-2/h3-9,11H,10H2,1-2H3. The molecule has 0 bridgehead atoms. The van der Waals surface area contributed by atoms with Crippen molar-refractivity contribution in [3.05, 3.63) is 65.1 Å². The summed E-state index contributed by atoms with van der Waals surface area (Å²) in [6, 6.07) is 12.7. The molecule has 0 aliphatic carbocycles. The number of ether oxygens (including phenoxy) is 2. The number of methoxy groups -OCH3 is 2. The molecule has 0 spiro atoms. The summed E-state index contributed by atoms with van der Waals surface area (Å²) in [5.74, 6) is 0.559. The van der Waals surface area contributed by atoms with E-state index in [2.05, 4.69) is 20.1 Å². The van der Waals surface area contributed by atoms with Gasteiger partial charge in [-0.1, -0.05) is 29.8 Å². The van der Waals surface area contributed by atoms with Crippen molar-refractivity contribution in [1.82, 2.24) is 24.7 Å². The van der Waals surface area contributed by atoms with Crippen molar-refractivity contribution in [1.29, 1.82) is 0 Å². The average Bonchev–Trinajstić information content (AvgIpc) is 3.17. The number of rotatable bonds is 5. The fourth-order valence-electron chi connectivity index (χ4n) is 2.82. The second-order valence-electron chi connectivity index (χ2n) is 6.15. The highest BCUT2D eigenvalue weighted by atomic mass is 35.5. The van der Waals surface area contributed by atoms with Crippen molar-refractivity contribution < 1.29 is 14.3 Å². The van der Waals surface area contributed by atoms with Crippen LogP contribution in [0.1, 0.15) is 16.1 Å². The molecule has 0 radical (unpaired) electrons. The first-order valence-corrected chi connectivity index (χ1v) is 9.04. The van der Waals surface area contributed by atoms with Crippen LogP contribution < -0.4 is 4.74 Å². The van der Waals surface area contributed by atoms with E-state index in [0.29, 0.717) is 29.1 Å². The number of carbonyl (C=O) groups is 1. The van der Waals surface area contributed by atoms with Gasteiger partial charge in [0.2, 0.25) is 0 Å². The van der Waals surface area contributed by atoms with Crippen molar-refractivity contribution in [2.45, 2.75) is 6.54 Å². The van der Waals surface area contributed by atoms with Crippen molar-refractivity contribution in [3.8, 4) is 17.3 Å². The smallest absolute Gasteiger partial charge is 0.356 e. The Bertz CT molecular complexity index is 1190. The number of hydrogen-bond acceptors (Lipinski definition) is 7. The van der Waals surface area contributed by atoms with Gasteiger partial charge in [-0.05, 0) is 29.8 Å². The molecule has 0 aliphatic rings. The van der Waals surface area contributed by atoms with E-state index in [9.17, 15) is 4.79 Å². The van der Waals surface area contributed by atoms with E-state index in [0.717, 1.165) is 11.3 Å². The normalized spacial score (nSPS) is 10.9. The first-order valence-electron chi connectivity index (χ1n) is 8.67. The summed E-state index contributed by atoms with van der Waals surface area (Å²) in [7, 11) is 2.93. The molecule has 29 heavy (non-hydrogen) atoms. The van der Waals surface area contributed by atoms with Gasteiger partial charge in [-0.25, -0.2) is 19.7 Å². The largest absolute Gasteiger partial charge is 0.497 e. The lowest BCUT2D eigenvalue weighted by Gasteiger charge is -2.03. The molecule has 0 fully saturated rings. The topological polar surface area (TPSA) is 92.0 Å². The molecule has 3 heterocycles. The van der Waals surface area contributed by atoms with Gasteiger partial charge in [-0.3, -0.25) is 4.68 Å². The number of halogens is 1. The summed E-state index contributed by atoms with van der Waals surface area (Å²) in [4.78, 5) is 24.8. The Morgan fingerprint density at radius 3 is 2.59 bits per heavy atom. The van der Waals surface area contributed by atoms with Crippen molar-refractivity contribution in [3.63, 3.8) is 0 Å². The highest BCUT2D eigenvalue weighted by molar-refractivity contribution is 6.33. The van der Waals surface area contributed by atoms with Gasteiger partial charge in [0.1, 0.15) is 28.2 Å². The molecule has 0 saturated carbocycles. The number of nitrogens with zero attached hydrogens (tertiary/aromatic N) is 5. The van der Waals surface area contributed by atoms with E-state index in [1.54, 1.807) is 36.2 Å². The number of hydrogen-bond donors (Lipinski definition) is 0. The lowest BCUT2D eigenvalue weighted by molar-refractivity contribution is 0.0594. The van der Waals surface area contributed by atoms with Crippen LogP contribution in [0.3, 0.4) is 0 Å². The second kappa shape index (κ2) is 7.84. The van der Waals surface area contributed by atoms with Gasteiger partial charge in [-0.15, -0.1) is 0 Å². The van der Waals surface area contributed by atoms with Gasteiger partial charge in [0.25, 0.3) is 0 Å². The molecule has 0 amide bonds. The van der Waals surface area contributed by atoms with Gasteiger partial charge in [0, 0.05) is 0 Å². The molecule has 146 valence electrons. The van der Waals surface area contributed by atoms with Crippen LogP contribution in [0, 0.1) is 0 Å². The minimum Gasteiger partial charge on any atom is -0.497 e. The molecule has 8 nitrogen and oxygen atoms in total. The van der Waals surface area contributed by atoms with Crippen LogP contribution in [-0.4, -0.2) is 44.9 Å². The Balaban J connectivity index is 1.67. The fraction of sp³-hybridized carbons (Fsp3) is 0.150. The summed E-state index contributed by atoms with van der Waals surface area (Å²) >= 11 is 6.33. The first kappa shape index (κ1) is 18.8. The predicted octanol–water partition coefficient (Wildman–Crippen LogP) is 3.39. The number of esters is 1. The fourth-order valence-corrected chi connectivity index (χ4v) is 3.03. The Kier molecular flexibility index (Phi) is 5.09. The monoisotopic (exact) mass is 409 g/mol. The zero-order valence-electron chi connectivity index (χ0n) is 15.7. The predicted molar refractivity (Wildman–Crippen MR) is 107 cm³/mol. The maximum atomic E-state index is 11.7. The molecule has 0 N–H and O–H groups in total. The van der Waals surface area contributed by atoms with E-state index in [4.69, 9.17) is 21.1 Å². The van der Waals surface area contributed by atoms with Crippen LogP contribution in [0.25, 0.3) is 22.6 Å². The summed E-state index contributed by atoms with van der Waals surface area (Å²) in [6.07, 6.45) is 1.79. The lowest BCUT2D eigenvalue weighted by Crippen LogP contribution is -2.05. The minimum absolute atomic E-state index is 0.167. The highest BCUT2D eigenvalue weighted by Gasteiger charge is 2.15. The van der Waals surface area contributed by atoms with Crippen molar-refractivity contribution in [2.24, 2.45) is 0 Å². The quantitative estimate of drug-likeness (QED) is 0.368. The Hall–Kier alpha value is -3.52. The molecule has 0 atom stereocenters. The van der Waals surface area contributed by atoms with Gasteiger partial charge in [0.15, 0.2) is 11.0 Å². The third-order valence-electron chi connectivity index (χ3n) is 4.24. The van der Waals surface area contributed by atoms with Crippen LogP contribution in [0.2, 0.25) is 5.15 Å². The molecular formula is C20H16ClN5O3. The van der Waals surface area contributed by atoms with Gasteiger partial charge in [-0.2, -0.15) is 5.10 Å². The Morgan fingerprint density at radius 1 is 1.07 bits per heavy atom. The molecule has 4 aromatic rings. The number of fused-ring (bicyclic) bond motifs is 1. The first-order chi connectivity index (χ1) is 14.1. The number of aromatic nitrogens is 5. The van der Waals surface area contributed by atoms with E-state index < -0.39 is 5.97 Å². The van der Waals surface area contributed by atoms with E-state index in [1.165, 1.54) is 7.11 Å². The van der Waals surface area contributed by atoms with Crippen LogP contribution >= 0.6 is 11.6 Å². The van der Waals surface area contributed by atoms with Crippen molar-refractivity contribution in [2.75, 3.05) is 14.2 Å². The lowest BCUT2D eigenvalue weighted by atomic mass is 10.2. The van der Waals surface area contributed by atoms with Crippen LogP contribution in [0.15, 0.2) is 48.7 Å². The number of carbonyl (C=O) groups excluding carboxylic acids is 1. The van der Waals surface area contributed by atoms with Crippen molar-refractivity contribution >= 4 is 28.6 Å². The summed E-state index contributed by atoms with van der Waals surface area (Å²) in [5, 5.41) is 4.69. The van der Waals surface area contributed by atoms with E-state index >= 15 is 0 Å². The molecule has 3 aromatic heterocycles. The molecule has 9 heteroatoms. The molecule has 0 saturated heterocycles. The van der Waals surface area contributed by atoms with Crippen LogP contribution in [0.5, 0.6) is 5.75 Å².